The van der Waals surface area contributed by atoms with Crippen molar-refractivity contribution in [2.24, 2.45) is 0 Å². The first kappa shape index (κ1) is 14.1. The number of aromatic nitrogens is 2. The van der Waals surface area contributed by atoms with Crippen molar-refractivity contribution in [3.63, 3.8) is 0 Å². The quantitative estimate of drug-likeness (QED) is 0.924. The van der Waals surface area contributed by atoms with Crippen molar-refractivity contribution in [2.45, 2.75) is 33.6 Å². The minimum absolute atomic E-state index is 0.331. The number of aryl methyl sites for hydroxylation is 3. The van der Waals surface area contributed by atoms with Gasteiger partial charge in [0.15, 0.2) is 0 Å². The molecule has 102 valence electrons. The van der Waals surface area contributed by atoms with Gasteiger partial charge in [-0.05, 0) is 48.8 Å². The van der Waals surface area contributed by atoms with E-state index in [9.17, 15) is 0 Å². The molecule has 0 bridgehead atoms. The van der Waals surface area contributed by atoms with Crippen molar-refractivity contribution in [1.82, 2.24) is 10.1 Å². The molecule has 0 spiro atoms. The van der Waals surface area contributed by atoms with E-state index in [1.807, 2.05) is 32.9 Å². The van der Waals surface area contributed by atoms with Crippen LogP contribution in [-0.4, -0.2) is 16.7 Å². The Balaban J connectivity index is 2.04. The second kappa shape index (κ2) is 5.74. The summed E-state index contributed by atoms with van der Waals surface area (Å²) >= 11 is 3.45. The maximum Gasteiger partial charge on any atom is 0.137 e. The van der Waals surface area contributed by atoms with Crippen LogP contribution in [-0.2, 0) is 0 Å². The molecule has 2 rings (SSSR count). The number of nitrogens with zero attached hydrogens (tertiary/aromatic N) is 2. The van der Waals surface area contributed by atoms with Crippen LogP contribution >= 0.6 is 15.9 Å². The van der Waals surface area contributed by atoms with Crippen LogP contribution in [0.15, 0.2) is 21.1 Å². The lowest BCUT2D eigenvalue weighted by atomic mass is 9.99. The predicted octanol–water partition coefficient (Wildman–Crippen LogP) is 3.97. The first-order chi connectivity index (χ1) is 8.99. The summed E-state index contributed by atoms with van der Waals surface area (Å²) < 4.78 is 6.23. The molecule has 0 aliphatic rings. The van der Waals surface area contributed by atoms with Crippen LogP contribution in [0, 0.1) is 20.8 Å². The van der Waals surface area contributed by atoms with Crippen molar-refractivity contribution in [3.05, 3.63) is 39.3 Å². The third-order valence-electron chi connectivity index (χ3n) is 3.19. The zero-order chi connectivity index (χ0) is 14.0. The fraction of sp³-hybridized carbons (Fsp3) is 0.429. The van der Waals surface area contributed by atoms with Crippen LogP contribution in [0.5, 0.6) is 0 Å². The highest BCUT2D eigenvalue weighted by Crippen LogP contribution is 2.23. The first-order valence-electron chi connectivity index (χ1n) is 6.29. The maximum atomic E-state index is 5.20. The Morgan fingerprint density at radius 1 is 1.26 bits per heavy atom. The van der Waals surface area contributed by atoms with E-state index < -0.39 is 0 Å². The zero-order valence-corrected chi connectivity index (χ0v) is 13.2. The number of hydrogen-bond acceptors (Lipinski definition) is 4. The molecule has 2 aromatic heterocycles. The summed E-state index contributed by atoms with van der Waals surface area (Å²) in [6.45, 7) is 8.87. The molecule has 2 aromatic rings. The summed E-state index contributed by atoms with van der Waals surface area (Å²) in [6, 6.07) is 3.97. The van der Waals surface area contributed by atoms with Gasteiger partial charge in [0.1, 0.15) is 11.6 Å². The van der Waals surface area contributed by atoms with Crippen LogP contribution in [0.2, 0.25) is 0 Å². The van der Waals surface area contributed by atoms with Crippen LogP contribution < -0.4 is 5.32 Å². The molecule has 0 aliphatic heterocycles. The normalized spacial score (nSPS) is 12.5. The van der Waals surface area contributed by atoms with Crippen molar-refractivity contribution in [3.8, 4) is 0 Å². The highest BCUT2D eigenvalue weighted by molar-refractivity contribution is 9.10. The third kappa shape index (κ3) is 3.15. The number of halogens is 1. The van der Waals surface area contributed by atoms with Gasteiger partial charge in [-0.15, -0.1) is 0 Å². The standard InChI is InChI=1S/C14H18BrN3O/c1-8(14-10(3)18-19-11(14)4)7-16-13-6-5-12(15)9(2)17-13/h5-6,8H,7H2,1-4H3,(H,16,17). The molecular weight excluding hydrogens is 306 g/mol. The fourth-order valence-corrected chi connectivity index (χ4v) is 2.42. The van der Waals surface area contributed by atoms with Gasteiger partial charge >= 0.3 is 0 Å². The third-order valence-corrected chi connectivity index (χ3v) is 4.03. The summed E-state index contributed by atoms with van der Waals surface area (Å²) in [4.78, 5) is 4.47. The highest BCUT2D eigenvalue weighted by Gasteiger charge is 2.16. The number of nitrogens with one attached hydrogen (secondary N) is 1. The lowest BCUT2D eigenvalue weighted by Gasteiger charge is -2.13. The molecule has 4 nitrogen and oxygen atoms in total. The second-order valence-corrected chi connectivity index (χ2v) is 5.64. The fourth-order valence-electron chi connectivity index (χ4n) is 2.20. The van der Waals surface area contributed by atoms with E-state index in [0.717, 1.165) is 34.0 Å². The van der Waals surface area contributed by atoms with Crippen molar-refractivity contribution < 1.29 is 4.52 Å². The molecule has 0 fully saturated rings. The molecule has 1 unspecified atom stereocenters. The molecule has 0 radical (unpaired) electrons. The van der Waals surface area contributed by atoms with Crippen molar-refractivity contribution in [1.29, 1.82) is 0 Å². The lowest BCUT2D eigenvalue weighted by molar-refractivity contribution is 0.391. The molecule has 19 heavy (non-hydrogen) atoms. The maximum absolute atomic E-state index is 5.20. The summed E-state index contributed by atoms with van der Waals surface area (Å²) in [5.74, 6) is 2.11. The Hall–Kier alpha value is -1.36. The van der Waals surface area contributed by atoms with Gasteiger partial charge in [-0.1, -0.05) is 12.1 Å². The number of pyridine rings is 1. The minimum atomic E-state index is 0.331. The Kier molecular flexibility index (Phi) is 4.24. The number of rotatable bonds is 4. The molecule has 0 saturated heterocycles. The number of anilines is 1. The van der Waals surface area contributed by atoms with Gasteiger partial charge in [-0.25, -0.2) is 4.98 Å². The van der Waals surface area contributed by atoms with Gasteiger partial charge in [-0.2, -0.15) is 0 Å². The van der Waals surface area contributed by atoms with Crippen LogP contribution in [0.25, 0.3) is 0 Å². The van der Waals surface area contributed by atoms with Crippen molar-refractivity contribution in [2.75, 3.05) is 11.9 Å². The van der Waals surface area contributed by atoms with Crippen LogP contribution in [0.4, 0.5) is 5.82 Å². The van der Waals surface area contributed by atoms with Gasteiger partial charge in [0.05, 0.1) is 11.4 Å². The van der Waals surface area contributed by atoms with Gasteiger partial charge in [0, 0.05) is 22.5 Å². The molecule has 1 atom stereocenters. The van der Waals surface area contributed by atoms with E-state index in [2.05, 4.69) is 38.3 Å². The topological polar surface area (TPSA) is 51.0 Å². The zero-order valence-electron chi connectivity index (χ0n) is 11.6. The molecule has 2 heterocycles. The summed E-state index contributed by atoms with van der Waals surface area (Å²) in [6.07, 6.45) is 0. The molecule has 1 N–H and O–H groups in total. The lowest BCUT2D eigenvalue weighted by Crippen LogP contribution is -2.12. The van der Waals surface area contributed by atoms with Gasteiger partial charge in [-0.3, -0.25) is 0 Å². The SMILES string of the molecule is Cc1nc(NCC(C)c2c(C)noc2C)ccc1Br. The van der Waals surface area contributed by atoms with Gasteiger partial charge < -0.3 is 9.84 Å². The highest BCUT2D eigenvalue weighted by atomic mass is 79.9. The Morgan fingerprint density at radius 2 is 2.00 bits per heavy atom. The average molecular weight is 324 g/mol. The molecule has 0 aliphatic carbocycles. The average Bonchev–Trinajstić information content (AvgIpc) is 2.70. The smallest absolute Gasteiger partial charge is 0.137 e. The summed E-state index contributed by atoms with van der Waals surface area (Å²) in [7, 11) is 0. The van der Waals surface area contributed by atoms with E-state index in [4.69, 9.17) is 4.52 Å². The van der Waals surface area contributed by atoms with Gasteiger partial charge in [0.25, 0.3) is 0 Å². The van der Waals surface area contributed by atoms with E-state index in [-0.39, 0.29) is 0 Å². The minimum Gasteiger partial charge on any atom is -0.369 e. The summed E-state index contributed by atoms with van der Waals surface area (Å²) in [5, 5.41) is 7.35. The molecule has 5 heteroatoms. The molecular formula is C14H18BrN3O. The Bertz CT molecular complexity index is 561. The van der Waals surface area contributed by atoms with Crippen molar-refractivity contribution >= 4 is 21.7 Å². The second-order valence-electron chi connectivity index (χ2n) is 4.78. The monoisotopic (exact) mass is 323 g/mol. The molecule has 0 aromatic carbocycles. The van der Waals surface area contributed by atoms with Crippen LogP contribution in [0.3, 0.4) is 0 Å². The van der Waals surface area contributed by atoms with E-state index >= 15 is 0 Å². The van der Waals surface area contributed by atoms with Gasteiger partial charge in [0.2, 0.25) is 0 Å². The molecule has 0 saturated carbocycles. The largest absolute Gasteiger partial charge is 0.369 e. The molecule has 0 amide bonds. The van der Waals surface area contributed by atoms with E-state index in [1.165, 1.54) is 5.56 Å². The Labute approximate surface area is 121 Å². The van der Waals surface area contributed by atoms with Crippen LogP contribution in [0.1, 0.15) is 35.6 Å². The predicted molar refractivity (Wildman–Crippen MR) is 79.6 cm³/mol. The Morgan fingerprint density at radius 3 is 2.58 bits per heavy atom. The number of hydrogen-bond donors (Lipinski definition) is 1. The first-order valence-corrected chi connectivity index (χ1v) is 7.08. The van der Waals surface area contributed by atoms with E-state index in [0.29, 0.717) is 5.92 Å². The van der Waals surface area contributed by atoms with E-state index in [1.54, 1.807) is 0 Å². The summed E-state index contributed by atoms with van der Waals surface area (Å²) in [5.41, 5.74) is 3.13.